The number of amides is 1. The van der Waals surface area contributed by atoms with Crippen LogP contribution < -0.4 is 5.32 Å². The first-order chi connectivity index (χ1) is 12.1. The molecule has 0 radical (unpaired) electrons. The lowest BCUT2D eigenvalue weighted by molar-refractivity contribution is -0.383. The minimum Gasteiger partial charge on any atom is -0.449 e. The smallest absolute Gasteiger partial charge is 0.411 e. The molecule has 1 rings (SSSR count). The molecule has 0 spiro atoms. The van der Waals surface area contributed by atoms with Crippen molar-refractivity contribution in [2.45, 2.75) is 71.1 Å². The molecule has 6 heteroatoms. The number of nitro benzene ring substituents is 1. The van der Waals surface area contributed by atoms with E-state index in [1.165, 1.54) is 57.1 Å². The number of benzene rings is 1. The van der Waals surface area contributed by atoms with Gasteiger partial charge in [-0.05, 0) is 12.5 Å². The van der Waals surface area contributed by atoms with Gasteiger partial charge in [0.25, 0.3) is 5.69 Å². The van der Waals surface area contributed by atoms with Crippen LogP contribution in [0.1, 0.15) is 71.1 Å². The van der Waals surface area contributed by atoms with E-state index in [0.717, 1.165) is 19.3 Å². The monoisotopic (exact) mass is 350 g/mol. The van der Waals surface area contributed by atoms with Crippen molar-refractivity contribution in [2.75, 3.05) is 11.9 Å². The van der Waals surface area contributed by atoms with Gasteiger partial charge in [0.15, 0.2) is 0 Å². The highest BCUT2D eigenvalue weighted by Crippen LogP contribution is 2.23. The van der Waals surface area contributed by atoms with E-state index in [0.29, 0.717) is 6.61 Å². The molecule has 0 saturated carbocycles. The van der Waals surface area contributed by atoms with Crippen LogP contribution in [0.4, 0.5) is 16.2 Å². The van der Waals surface area contributed by atoms with E-state index in [2.05, 4.69) is 12.2 Å². The fourth-order valence-electron chi connectivity index (χ4n) is 2.64. The van der Waals surface area contributed by atoms with E-state index in [9.17, 15) is 14.9 Å². The van der Waals surface area contributed by atoms with Gasteiger partial charge in [0.1, 0.15) is 5.69 Å². The number of rotatable bonds is 13. The molecule has 1 N–H and O–H groups in total. The normalized spacial score (nSPS) is 10.4. The van der Waals surface area contributed by atoms with Gasteiger partial charge in [-0.3, -0.25) is 15.4 Å². The maximum Gasteiger partial charge on any atom is 0.411 e. The maximum atomic E-state index is 11.7. The summed E-state index contributed by atoms with van der Waals surface area (Å²) in [4.78, 5) is 22.0. The Balaban J connectivity index is 2.05. The molecular weight excluding hydrogens is 320 g/mol. The molecule has 0 aliphatic heterocycles. The molecule has 0 aromatic heterocycles. The van der Waals surface area contributed by atoms with E-state index in [-0.39, 0.29) is 11.4 Å². The third-order valence-electron chi connectivity index (χ3n) is 4.07. The lowest BCUT2D eigenvalue weighted by Crippen LogP contribution is -2.15. The zero-order chi connectivity index (χ0) is 18.3. The summed E-state index contributed by atoms with van der Waals surface area (Å²) in [6.45, 7) is 2.56. The quantitative estimate of drug-likeness (QED) is 0.266. The topological polar surface area (TPSA) is 81.5 Å². The molecule has 0 aliphatic carbocycles. The second-order valence-corrected chi connectivity index (χ2v) is 6.22. The fourth-order valence-corrected chi connectivity index (χ4v) is 2.64. The van der Waals surface area contributed by atoms with Gasteiger partial charge < -0.3 is 4.74 Å². The van der Waals surface area contributed by atoms with Crippen molar-refractivity contribution in [2.24, 2.45) is 0 Å². The van der Waals surface area contributed by atoms with Crippen LogP contribution in [0.25, 0.3) is 0 Å². The Morgan fingerprint density at radius 1 is 1.00 bits per heavy atom. The van der Waals surface area contributed by atoms with E-state index in [1.807, 2.05) is 0 Å². The molecule has 0 bridgehead atoms. The summed E-state index contributed by atoms with van der Waals surface area (Å²) in [6.07, 6.45) is 11.5. The molecular formula is C19H30N2O4. The number of nitrogens with one attached hydrogen (secondary N) is 1. The summed E-state index contributed by atoms with van der Waals surface area (Å²) in [6, 6.07) is 6.01. The van der Waals surface area contributed by atoms with E-state index < -0.39 is 11.0 Å². The molecule has 0 atom stereocenters. The number of nitrogens with zero attached hydrogens (tertiary/aromatic N) is 1. The summed E-state index contributed by atoms with van der Waals surface area (Å²) >= 11 is 0. The van der Waals surface area contributed by atoms with Crippen LogP contribution in [-0.2, 0) is 4.74 Å². The third kappa shape index (κ3) is 9.69. The number of carbonyl (C=O) groups excluding carboxylic acids is 1. The highest BCUT2D eigenvalue weighted by molar-refractivity contribution is 5.87. The van der Waals surface area contributed by atoms with Crippen LogP contribution in [-0.4, -0.2) is 17.6 Å². The lowest BCUT2D eigenvalue weighted by atomic mass is 10.1. The van der Waals surface area contributed by atoms with Crippen LogP contribution >= 0.6 is 0 Å². The van der Waals surface area contributed by atoms with Gasteiger partial charge in [-0.15, -0.1) is 0 Å². The first kappa shape index (κ1) is 20.9. The van der Waals surface area contributed by atoms with Crippen molar-refractivity contribution in [3.8, 4) is 0 Å². The summed E-state index contributed by atoms with van der Waals surface area (Å²) < 4.78 is 5.08. The largest absolute Gasteiger partial charge is 0.449 e. The Bertz CT molecular complexity index is 520. The van der Waals surface area contributed by atoms with Gasteiger partial charge in [-0.1, -0.05) is 76.8 Å². The number of carbonyl (C=O) groups is 1. The molecule has 25 heavy (non-hydrogen) atoms. The van der Waals surface area contributed by atoms with Crippen molar-refractivity contribution in [3.05, 3.63) is 34.4 Å². The number of para-hydroxylation sites is 2. The van der Waals surface area contributed by atoms with E-state index in [1.54, 1.807) is 12.1 Å². The molecule has 0 saturated heterocycles. The van der Waals surface area contributed by atoms with Crippen molar-refractivity contribution < 1.29 is 14.5 Å². The van der Waals surface area contributed by atoms with Crippen LogP contribution in [0.3, 0.4) is 0 Å². The number of hydrogen-bond acceptors (Lipinski definition) is 4. The Hall–Kier alpha value is -2.11. The van der Waals surface area contributed by atoms with Crippen molar-refractivity contribution in [1.82, 2.24) is 0 Å². The van der Waals surface area contributed by atoms with Gasteiger partial charge in [0.2, 0.25) is 0 Å². The summed E-state index contributed by atoms with van der Waals surface area (Å²) in [5.41, 5.74) is 0.0129. The number of ether oxygens (including phenoxy) is 1. The Morgan fingerprint density at radius 2 is 1.56 bits per heavy atom. The number of hydrogen-bond donors (Lipinski definition) is 1. The van der Waals surface area contributed by atoms with Gasteiger partial charge in [-0.25, -0.2) is 4.79 Å². The predicted molar refractivity (Wildman–Crippen MR) is 99.9 cm³/mol. The molecule has 0 unspecified atom stereocenters. The van der Waals surface area contributed by atoms with Crippen LogP contribution in [0.5, 0.6) is 0 Å². The second kappa shape index (κ2) is 13.2. The van der Waals surface area contributed by atoms with Gasteiger partial charge in [0, 0.05) is 6.07 Å². The minimum atomic E-state index is -0.648. The van der Waals surface area contributed by atoms with Gasteiger partial charge in [0.05, 0.1) is 11.5 Å². The molecule has 0 heterocycles. The minimum absolute atomic E-state index is 0.140. The van der Waals surface area contributed by atoms with Crippen molar-refractivity contribution >= 4 is 17.5 Å². The fraction of sp³-hybridized carbons (Fsp3) is 0.632. The first-order valence-electron chi connectivity index (χ1n) is 9.32. The van der Waals surface area contributed by atoms with E-state index in [4.69, 9.17) is 4.74 Å². The van der Waals surface area contributed by atoms with Crippen molar-refractivity contribution in [1.29, 1.82) is 0 Å². The number of nitro groups is 1. The van der Waals surface area contributed by atoms with Gasteiger partial charge >= 0.3 is 6.09 Å². The third-order valence-corrected chi connectivity index (χ3v) is 4.07. The summed E-state index contributed by atoms with van der Waals surface area (Å²) in [7, 11) is 0. The van der Waals surface area contributed by atoms with Crippen molar-refractivity contribution in [3.63, 3.8) is 0 Å². The average molecular weight is 350 g/mol. The predicted octanol–water partition coefficient (Wildman–Crippen LogP) is 6.06. The molecule has 1 aromatic rings. The lowest BCUT2D eigenvalue weighted by Gasteiger charge is -2.07. The Morgan fingerprint density at radius 3 is 2.16 bits per heavy atom. The average Bonchev–Trinajstić information content (AvgIpc) is 2.60. The molecule has 0 aliphatic rings. The molecule has 0 fully saturated rings. The zero-order valence-electron chi connectivity index (χ0n) is 15.2. The van der Waals surface area contributed by atoms with Gasteiger partial charge in [-0.2, -0.15) is 0 Å². The summed E-state index contributed by atoms with van der Waals surface area (Å²) in [5, 5.41) is 13.3. The first-order valence-corrected chi connectivity index (χ1v) is 9.32. The number of unbranched alkanes of at least 4 members (excludes halogenated alkanes) is 9. The highest BCUT2D eigenvalue weighted by atomic mass is 16.6. The molecule has 6 nitrogen and oxygen atoms in total. The molecule has 1 aromatic carbocycles. The molecule has 140 valence electrons. The summed E-state index contributed by atoms with van der Waals surface area (Å²) in [5.74, 6) is 0. The van der Waals surface area contributed by atoms with Crippen LogP contribution in [0.15, 0.2) is 24.3 Å². The maximum absolute atomic E-state index is 11.7. The Kier molecular flexibility index (Phi) is 11.1. The second-order valence-electron chi connectivity index (χ2n) is 6.22. The van der Waals surface area contributed by atoms with E-state index >= 15 is 0 Å². The SMILES string of the molecule is CCCCCCCCCCCCOC(=O)Nc1ccccc1[N+](=O)[O-]. The van der Waals surface area contributed by atoms with Crippen LogP contribution in [0.2, 0.25) is 0 Å². The van der Waals surface area contributed by atoms with Crippen LogP contribution in [0, 0.1) is 10.1 Å². The highest BCUT2D eigenvalue weighted by Gasteiger charge is 2.14. The zero-order valence-corrected chi connectivity index (χ0v) is 15.2. The molecule has 1 amide bonds. The standard InChI is InChI=1S/C19H30N2O4/c1-2-3-4-5-6-7-8-9-10-13-16-25-19(22)20-17-14-11-12-15-18(17)21(23)24/h11-12,14-15H,2-10,13,16H2,1H3,(H,20,22). The Labute approximate surface area is 150 Å². The number of anilines is 1.